The molecule has 30 heavy (non-hydrogen) atoms. The van der Waals surface area contributed by atoms with Crippen molar-refractivity contribution in [2.75, 3.05) is 26.3 Å². The van der Waals surface area contributed by atoms with Crippen molar-refractivity contribution in [3.05, 3.63) is 64.9 Å². The summed E-state index contributed by atoms with van der Waals surface area (Å²) >= 11 is 0. The molecule has 1 aromatic carbocycles. The Morgan fingerprint density at radius 3 is 2.47 bits per heavy atom. The monoisotopic (exact) mass is 411 g/mol. The number of amides is 1. The number of carboxylic acid groups (broad SMARTS) is 1. The SMILES string of the molecule is O=C(O)c1nc(C(=O)N2CCOCC2)c2cc(Cc3ccc(F)cc3)cnc2c1O. The molecule has 3 heterocycles. The summed E-state index contributed by atoms with van der Waals surface area (Å²) in [7, 11) is 0. The number of fused-ring (bicyclic) bond motifs is 1. The predicted molar refractivity (Wildman–Crippen MR) is 104 cm³/mol. The largest absolute Gasteiger partial charge is 0.504 e. The van der Waals surface area contributed by atoms with Crippen LogP contribution in [-0.4, -0.2) is 63.3 Å². The topological polar surface area (TPSA) is 113 Å². The fourth-order valence-electron chi connectivity index (χ4n) is 3.38. The number of aromatic carboxylic acids is 1. The molecule has 1 aliphatic heterocycles. The molecule has 0 aliphatic carbocycles. The Balaban J connectivity index is 1.81. The molecule has 2 aromatic heterocycles. The first kappa shape index (κ1) is 19.7. The number of ether oxygens (including phenoxy) is 1. The van der Waals surface area contributed by atoms with E-state index in [0.29, 0.717) is 38.3 Å². The number of carbonyl (C=O) groups excluding carboxylic acids is 1. The normalized spacial score (nSPS) is 14.1. The van der Waals surface area contributed by atoms with E-state index >= 15 is 0 Å². The summed E-state index contributed by atoms with van der Waals surface area (Å²) in [6, 6.07) is 7.64. The van der Waals surface area contributed by atoms with Gasteiger partial charge in [0.1, 0.15) is 17.0 Å². The van der Waals surface area contributed by atoms with E-state index in [-0.39, 0.29) is 22.4 Å². The lowest BCUT2D eigenvalue weighted by Crippen LogP contribution is -2.41. The van der Waals surface area contributed by atoms with Crippen molar-refractivity contribution in [2.45, 2.75) is 6.42 Å². The van der Waals surface area contributed by atoms with Crippen molar-refractivity contribution < 1.29 is 28.9 Å². The maximum Gasteiger partial charge on any atom is 0.358 e. The van der Waals surface area contributed by atoms with Crippen LogP contribution in [0.15, 0.2) is 36.5 Å². The Morgan fingerprint density at radius 2 is 1.80 bits per heavy atom. The number of rotatable bonds is 4. The van der Waals surface area contributed by atoms with Gasteiger partial charge in [-0.3, -0.25) is 9.78 Å². The lowest BCUT2D eigenvalue weighted by atomic mass is 10.0. The average Bonchev–Trinajstić information content (AvgIpc) is 2.75. The molecular formula is C21H18FN3O5. The number of aromatic hydroxyl groups is 1. The number of nitrogens with zero attached hydrogens (tertiary/aromatic N) is 3. The van der Waals surface area contributed by atoms with E-state index in [0.717, 1.165) is 5.56 Å². The van der Waals surface area contributed by atoms with E-state index in [2.05, 4.69) is 9.97 Å². The molecule has 0 radical (unpaired) electrons. The molecule has 9 heteroatoms. The molecule has 8 nitrogen and oxygen atoms in total. The second kappa shape index (κ2) is 8.03. The average molecular weight is 411 g/mol. The summed E-state index contributed by atoms with van der Waals surface area (Å²) in [6.45, 7) is 1.46. The summed E-state index contributed by atoms with van der Waals surface area (Å²) in [5.74, 6) is -2.84. The van der Waals surface area contributed by atoms with Crippen LogP contribution in [0.3, 0.4) is 0 Å². The molecule has 0 bridgehead atoms. The molecule has 1 fully saturated rings. The fourth-order valence-corrected chi connectivity index (χ4v) is 3.38. The van der Waals surface area contributed by atoms with Gasteiger partial charge in [0, 0.05) is 24.7 Å². The first-order valence-corrected chi connectivity index (χ1v) is 9.30. The third-order valence-electron chi connectivity index (χ3n) is 4.90. The van der Waals surface area contributed by atoms with Gasteiger partial charge < -0.3 is 19.8 Å². The van der Waals surface area contributed by atoms with Crippen molar-refractivity contribution in [3.8, 4) is 5.75 Å². The Kier molecular flexibility index (Phi) is 5.28. The first-order valence-electron chi connectivity index (χ1n) is 9.30. The molecule has 154 valence electrons. The van der Waals surface area contributed by atoms with Crippen LogP contribution in [0.1, 0.15) is 32.1 Å². The second-order valence-electron chi connectivity index (χ2n) is 6.91. The van der Waals surface area contributed by atoms with Crippen LogP contribution < -0.4 is 0 Å². The maximum absolute atomic E-state index is 13.2. The summed E-state index contributed by atoms with van der Waals surface area (Å²) < 4.78 is 18.4. The molecule has 4 rings (SSSR count). The summed E-state index contributed by atoms with van der Waals surface area (Å²) in [5.41, 5.74) is 0.808. The lowest BCUT2D eigenvalue weighted by molar-refractivity contribution is 0.0300. The Labute approximate surface area is 170 Å². The van der Waals surface area contributed by atoms with Crippen LogP contribution in [0.2, 0.25) is 0 Å². The number of hydrogen-bond acceptors (Lipinski definition) is 6. The predicted octanol–water partition coefficient (Wildman–Crippen LogP) is 2.24. The standard InChI is InChI=1S/C21H18FN3O5/c22-14-3-1-12(2-4-14)9-13-10-15-16(23-11-13)19(26)18(21(28)29)24-17(15)20(27)25-5-7-30-8-6-25/h1-4,10-11,26H,5-9H2,(H,28,29). The molecule has 0 unspecified atom stereocenters. The summed E-state index contributed by atoms with van der Waals surface area (Å²) in [4.78, 5) is 34.3. The number of pyridine rings is 2. The highest BCUT2D eigenvalue weighted by Gasteiger charge is 2.27. The minimum Gasteiger partial charge on any atom is -0.504 e. The lowest BCUT2D eigenvalue weighted by Gasteiger charge is -2.27. The van der Waals surface area contributed by atoms with Crippen LogP contribution in [0.4, 0.5) is 4.39 Å². The highest BCUT2D eigenvalue weighted by atomic mass is 19.1. The van der Waals surface area contributed by atoms with Crippen molar-refractivity contribution in [2.24, 2.45) is 0 Å². The van der Waals surface area contributed by atoms with Crippen LogP contribution in [0, 0.1) is 5.82 Å². The van der Waals surface area contributed by atoms with E-state index in [4.69, 9.17) is 4.74 Å². The van der Waals surface area contributed by atoms with E-state index in [1.165, 1.54) is 23.2 Å². The highest BCUT2D eigenvalue weighted by Crippen LogP contribution is 2.30. The van der Waals surface area contributed by atoms with Gasteiger partial charge in [0.05, 0.1) is 13.2 Å². The van der Waals surface area contributed by atoms with E-state index < -0.39 is 23.3 Å². The zero-order chi connectivity index (χ0) is 21.3. The number of benzene rings is 1. The Morgan fingerprint density at radius 1 is 1.10 bits per heavy atom. The first-order chi connectivity index (χ1) is 14.4. The number of carboxylic acids is 1. The van der Waals surface area contributed by atoms with Crippen molar-refractivity contribution >= 4 is 22.8 Å². The van der Waals surface area contributed by atoms with Crippen LogP contribution in [0.5, 0.6) is 5.75 Å². The van der Waals surface area contributed by atoms with Crippen LogP contribution in [-0.2, 0) is 11.2 Å². The third kappa shape index (κ3) is 3.79. The highest BCUT2D eigenvalue weighted by molar-refractivity contribution is 6.08. The summed E-state index contributed by atoms with van der Waals surface area (Å²) in [6.07, 6.45) is 1.90. The van der Waals surface area contributed by atoms with E-state index in [1.54, 1.807) is 18.2 Å². The molecule has 1 saturated heterocycles. The fraction of sp³-hybridized carbons (Fsp3) is 0.238. The van der Waals surface area contributed by atoms with Crippen molar-refractivity contribution in [1.29, 1.82) is 0 Å². The van der Waals surface area contributed by atoms with Gasteiger partial charge in [-0.1, -0.05) is 12.1 Å². The maximum atomic E-state index is 13.2. The zero-order valence-electron chi connectivity index (χ0n) is 15.8. The van der Waals surface area contributed by atoms with Gasteiger partial charge in [0.2, 0.25) is 0 Å². The second-order valence-corrected chi connectivity index (χ2v) is 6.91. The van der Waals surface area contributed by atoms with Crippen molar-refractivity contribution in [1.82, 2.24) is 14.9 Å². The number of aromatic nitrogens is 2. The van der Waals surface area contributed by atoms with Gasteiger partial charge in [-0.05, 0) is 35.7 Å². The van der Waals surface area contributed by atoms with Gasteiger partial charge in [-0.25, -0.2) is 14.2 Å². The number of carbonyl (C=O) groups is 2. The number of hydrogen-bond donors (Lipinski definition) is 2. The molecule has 0 saturated carbocycles. The summed E-state index contributed by atoms with van der Waals surface area (Å²) in [5, 5.41) is 20.0. The molecule has 2 N–H and O–H groups in total. The zero-order valence-corrected chi connectivity index (χ0v) is 15.8. The molecule has 0 spiro atoms. The molecule has 1 aliphatic rings. The number of morpholine rings is 1. The molecule has 3 aromatic rings. The van der Waals surface area contributed by atoms with Crippen molar-refractivity contribution in [3.63, 3.8) is 0 Å². The molecule has 0 atom stereocenters. The van der Waals surface area contributed by atoms with Gasteiger partial charge in [0.15, 0.2) is 11.4 Å². The third-order valence-corrected chi connectivity index (χ3v) is 4.90. The molecule has 1 amide bonds. The van der Waals surface area contributed by atoms with Gasteiger partial charge in [-0.2, -0.15) is 0 Å². The van der Waals surface area contributed by atoms with Crippen LogP contribution >= 0.6 is 0 Å². The van der Waals surface area contributed by atoms with Gasteiger partial charge in [0.25, 0.3) is 5.91 Å². The Hall–Kier alpha value is -3.59. The van der Waals surface area contributed by atoms with Gasteiger partial charge >= 0.3 is 5.97 Å². The Bertz CT molecular complexity index is 1130. The smallest absolute Gasteiger partial charge is 0.358 e. The minimum atomic E-state index is -1.46. The van der Waals surface area contributed by atoms with E-state index in [1.807, 2.05) is 0 Å². The minimum absolute atomic E-state index is 0.0122. The molecular weight excluding hydrogens is 393 g/mol. The van der Waals surface area contributed by atoms with E-state index in [9.17, 15) is 24.2 Å². The number of halogens is 1. The quantitative estimate of drug-likeness (QED) is 0.677. The van der Waals surface area contributed by atoms with Gasteiger partial charge in [-0.15, -0.1) is 0 Å². The van der Waals surface area contributed by atoms with Crippen LogP contribution in [0.25, 0.3) is 10.9 Å².